The van der Waals surface area contributed by atoms with Crippen LogP contribution in [0.4, 0.5) is 17.2 Å². The molecule has 1 aromatic carbocycles. The lowest BCUT2D eigenvalue weighted by molar-refractivity contribution is -0.117. The van der Waals surface area contributed by atoms with Crippen molar-refractivity contribution in [3.8, 4) is 17.0 Å². The van der Waals surface area contributed by atoms with Gasteiger partial charge in [0.05, 0.1) is 36.4 Å². The molecule has 2 fully saturated rings. The highest BCUT2D eigenvalue weighted by atomic mass is 16.5. The van der Waals surface area contributed by atoms with Crippen molar-refractivity contribution in [2.45, 2.75) is 44.1 Å². The number of aromatic nitrogens is 4. The van der Waals surface area contributed by atoms with Crippen molar-refractivity contribution in [1.29, 1.82) is 0 Å². The SMILES string of the molecule is BC(B)(B)NC(=O)c1nnc(NC(=O)C2CC2)cc1Nc1cccc(-c2cc(C(=O)N3C[C@@H](C)O[C@@H](C)C3)n(C)n2)c1OC. The van der Waals surface area contributed by atoms with Crippen LogP contribution in [0.15, 0.2) is 30.3 Å². The highest BCUT2D eigenvalue weighted by molar-refractivity contribution is 6.60. The third-order valence-electron chi connectivity index (χ3n) is 7.27. The molecule has 0 unspecified atom stereocenters. The van der Waals surface area contributed by atoms with Crippen LogP contribution in [0.1, 0.15) is 47.7 Å². The van der Waals surface area contributed by atoms with E-state index in [1.54, 1.807) is 34.8 Å². The summed E-state index contributed by atoms with van der Waals surface area (Å²) in [5, 5.41) is 21.4. The molecular formula is C28H37B3N8O5. The van der Waals surface area contributed by atoms with Crippen LogP contribution in [0.3, 0.4) is 0 Å². The summed E-state index contributed by atoms with van der Waals surface area (Å²) in [6, 6.07) is 8.79. The van der Waals surface area contributed by atoms with Crippen molar-refractivity contribution >= 4 is 58.5 Å². The average molecular weight is 598 g/mol. The summed E-state index contributed by atoms with van der Waals surface area (Å²) >= 11 is 0. The summed E-state index contributed by atoms with van der Waals surface area (Å²) in [6.45, 7) is 4.91. The minimum Gasteiger partial charge on any atom is -0.494 e. The summed E-state index contributed by atoms with van der Waals surface area (Å²) in [4.78, 5) is 40.9. The average Bonchev–Trinajstić information content (AvgIpc) is 3.73. The molecule has 0 spiro atoms. The predicted octanol–water partition coefficient (Wildman–Crippen LogP) is -0.532. The molecule has 2 atom stereocenters. The molecule has 16 heteroatoms. The van der Waals surface area contributed by atoms with E-state index in [2.05, 4.69) is 31.2 Å². The summed E-state index contributed by atoms with van der Waals surface area (Å²) in [6.07, 6.45) is 1.57. The Morgan fingerprint density at radius 3 is 2.39 bits per heavy atom. The van der Waals surface area contributed by atoms with E-state index in [0.717, 1.165) is 12.8 Å². The van der Waals surface area contributed by atoms with Gasteiger partial charge in [-0.2, -0.15) is 5.10 Å². The number of morpholine rings is 1. The molecule has 0 radical (unpaired) electrons. The Balaban J connectivity index is 1.48. The number of carbonyl (C=O) groups is 3. The van der Waals surface area contributed by atoms with Crippen LogP contribution in [0, 0.1) is 5.92 Å². The first-order chi connectivity index (χ1) is 20.8. The van der Waals surface area contributed by atoms with Crippen molar-refractivity contribution in [2.75, 3.05) is 30.8 Å². The third kappa shape index (κ3) is 7.07. The molecule has 13 nitrogen and oxygen atoms in total. The zero-order valence-corrected chi connectivity index (χ0v) is 26.2. The first kappa shape index (κ1) is 31.1. The van der Waals surface area contributed by atoms with E-state index in [1.807, 2.05) is 49.5 Å². The van der Waals surface area contributed by atoms with Gasteiger partial charge in [-0.25, -0.2) is 0 Å². The minimum atomic E-state index is -0.516. The van der Waals surface area contributed by atoms with Crippen molar-refractivity contribution in [3.05, 3.63) is 41.7 Å². The van der Waals surface area contributed by atoms with Gasteiger partial charge in [-0.3, -0.25) is 19.1 Å². The lowest BCUT2D eigenvalue weighted by Crippen LogP contribution is -2.50. The van der Waals surface area contributed by atoms with Crippen LogP contribution in [-0.2, 0) is 16.6 Å². The Hall–Kier alpha value is -4.33. The number of nitrogens with one attached hydrogen (secondary N) is 3. The zero-order valence-electron chi connectivity index (χ0n) is 26.2. The number of ether oxygens (including phenoxy) is 2. The molecule has 3 heterocycles. The first-order valence-electron chi connectivity index (χ1n) is 14.8. The van der Waals surface area contributed by atoms with E-state index in [-0.39, 0.29) is 41.5 Å². The van der Waals surface area contributed by atoms with E-state index >= 15 is 0 Å². The fraction of sp³-hybridized carbons (Fsp3) is 0.429. The topological polar surface area (TPSA) is 153 Å². The molecule has 2 aromatic heterocycles. The quantitative estimate of drug-likeness (QED) is 0.276. The number of nitrogens with zero attached hydrogens (tertiary/aromatic N) is 5. The molecule has 3 aromatic rings. The molecule has 228 valence electrons. The van der Waals surface area contributed by atoms with Crippen molar-refractivity contribution in [2.24, 2.45) is 13.0 Å². The molecule has 1 aliphatic heterocycles. The van der Waals surface area contributed by atoms with Crippen LogP contribution in [0.25, 0.3) is 11.3 Å². The first-order valence-corrected chi connectivity index (χ1v) is 14.8. The summed E-state index contributed by atoms with van der Waals surface area (Å²) in [7, 11) is 8.88. The number of hydrogen-bond acceptors (Lipinski definition) is 9. The van der Waals surface area contributed by atoms with Gasteiger partial charge >= 0.3 is 0 Å². The molecule has 0 bridgehead atoms. The molecule has 3 amide bonds. The summed E-state index contributed by atoms with van der Waals surface area (Å²) < 4.78 is 13.2. The smallest absolute Gasteiger partial charge is 0.272 e. The van der Waals surface area contributed by atoms with Crippen LogP contribution in [0.5, 0.6) is 5.75 Å². The normalized spacial score (nSPS) is 18.4. The Labute approximate surface area is 259 Å². The Kier molecular flexibility index (Phi) is 8.73. The van der Waals surface area contributed by atoms with Gasteiger partial charge in [0.2, 0.25) is 5.91 Å². The Morgan fingerprint density at radius 1 is 1.05 bits per heavy atom. The molecule has 3 N–H and O–H groups in total. The monoisotopic (exact) mass is 598 g/mol. The van der Waals surface area contributed by atoms with Gasteiger partial charge in [-0.05, 0) is 50.1 Å². The maximum atomic E-state index is 13.5. The van der Waals surface area contributed by atoms with E-state index < -0.39 is 11.1 Å². The van der Waals surface area contributed by atoms with E-state index in [0.29, 0.717) is 47.2 Å². The van der Waals surface area contributed by atoms with Crippen molar-refractivity contribution in [1.82, 2.24) is 30.2 Å². The van der Waals surface area contributed by atoms with Crippen LogP contribution in [0.2, 0.25) is 0 Å². The van der Waals surface area contributed by atoms with Crippen LogP contribution < -0.4 is 20.7 Å². The lowest BCUT2D eigenvalue weighted by atomic mass is 9.49. The molecule has 1 saturated heterocycles. The number of methoxy groups -OCH3 is 1. The van der Waals surface area contributed by atoms with Gasteiger partial charge < -0.3 is 30.3 Å². The molecule has 1 saturated carbocycles. The maximum absolute atomic E-state index is 13.5. The van der Waals surface area contributed by atoms with Gasteiger partial charge in [0.1, 0.15) is 29.2 Å². The number of para-hydroxylation sites is 1. The lowest BCUT2D eigenvalue weighted by Gasteiger charge is -2.35. The second-order valence-electron chi connectivity index (χ2n) is 12.5. The van der Waals surface area contributed by atoms with Crippen LogP contribution >= 0.6 is 0 Å². The number of benzene rings is 1. The Bertz CT molecular complexity index is 1580. The molecular weight excluding hydrogens is 561 g/mol. The van der Waals surface area contributed by atoms with Crippen molar-refractivity contribution in [3.63, 3.8) is 0 Å². The van der Waals surface area contributed by atoms with Gasteiger partial charge in [0, 0.05) is 37.7 Å². The zero-order chi connectivity index (χ0) is 31.8. The minimum absolute atomic E-state index is 0.0287. The number of carbonyl (C=O) groups excluding carboxylic acids is 3. The van der Waals surface area contributed by atoms with Gasteiger partial charge in [0.25, 0.3) is 11.8 Å². The number of rotatable bonds is 9. The number of anilines is 3. The molecule has 44 heavy (non-hydrogen) atoms. The highest BCUT2D eigenvalue weighted by Gasteiger charge is 2.31. The standard InChI is InChI=1S/C28H37B3N8O5/c1-14-12-39(13-15(2)44-14)27(42)21-10-19(37-38(21)3)17-6-5-7-18(24(17)43-4)32-20-11-22(33-25(40)16-8-9-16)35-36-23(20)26(41)34-28(29,30)31/h5-7,10-11,14-16H,8-9,12-13,29-31H2,1-4H3,(H,34,41)(H2,32,33,35,40)/t14-,15+. The van der Waals surface area contributed by atoms with Gasteiger partial charge in [-0.1, -0.05) is 6.07 Å². The van der Waals surface area contributed by atoms with E-state index in [9.17, 15) is 14.4 Å². The molecule has 1 aliphatic carbocycles. The summed E-state index contributed by atoms with van der Waals surface area (Å²) in [5.74, 6) is -0.0357. The van der Waals surface area contributed by atoms with E-state index in [4.69, 9.17) is 9.47 Å². The fourth-order valence-corrected chi connectivity index (χ4v) is 5.20. The van der Waals surface area contributed by atoms with E-state index in [1.165, 1.54) is 7.11 Å². The third-order valence-corrected chi connectivity index (χ3v) is 7.27. The number of hydrogen-bond donors (Lipinski definition) is 3. The largest absolute Gasteiger partial charge is 0.494 e. The van der Waals surface area contributed by atoms with Crippen LogP contribution in [-0.4, -0.2) is 104 Å². The molecule has 2 aliphatic rings. The van der Waals surface area contributed by atoms with Crippen molar-refractivity contribution < 1.29 is 23.9 Å². The fourth-order valence-electron chi connectivity index (χ4n) is 5.20. The predicted molar refractivity (Wildman–Crippen MR) is 174 cm³/mol. The summed E-state index contributed by atoms with van der Waals surface area (Å²) in [5.41, 5.74) is 2.53. The maximum Gasteiger partial charge on any atom is 0.272 e. The Morgan fingerprint density at radius 2 is 1.75 bits per heavy atom. The van der Waals surface area contributed by atoms with Gasteiger partial charge in [0.15, 0.2) is 17.3 Å². The second kappa shape index (κ2) is 12.3. The number of aryl methyl sites for hydroxylation is 1. The second-order valence-corrected chi connectivity index (χ2v) is 12.5. The molecule has 5 rings (SSSR count). The highest BCUT2D eigenvalue weighted by Crippen LogP contribution is 2.38. The number of amides is 3. The van der Waals surface area contributed by atoms with Gasteiger partial charge in [-0.15, -0.1) is 10.2 Å².